The maximum absolute atomic E-state index is 12.0. The normalized spacial score (nSPS) is 11.1. The quantitative estimate of drug-likeness (QED) is 0.878. The van der Waals surface area contributed by atoms with Crippen molar-refractivity contribution in [1.29, 1.82) is 0 Å². The summed E-state index contributed by atoms with van der Waals surface area (Å²) in [6.45, 7) is 8.71. The lowest BCUT2D eigenvalue weighted by Gasteiger charge is -2.21. The Morgan fingerprint density at radius 1 is 1.18 bits per heavy atom. The van der Waals surface area contributed by atoms with Crippen LogP contribution in [0.1, 0.15) is 33.3 Å². The number of hydrogen-bond donors (Lipinski definition) is 1. The van der Waals surface area contributed by atoms with Crippen LogP contribution in [0.25, 0.3) is 0 Å². The molecule has 1 N–H and O–H groups in total. The summed E-state index contributed by atoms with van der Waals surface area (Å²) in [5.41, 5.74) is 2.01. The van der Waals surface area contributed by atoms with E-state index in [1.807, 2.05) is 24.3 Å². The third-order valence-electron chi connectivity index (χ3n) is 3.38. The minimum Gasteiger partial charge on any atom is -0.383 e. The van der Waals surface area contributed by atoms with Gasteiger partial charge in [-0.1, -0.05) is 32.9 Å². The molecule has 0 aliphatic heterocycles. The highest BCUT2D eigenvalue weighted by Crippen LogP contribution is 2.23. The highest BCUT2D eigenvalue weighted by atomic mass is 16.5. The highest BCUT2D eigenvalue weighted by Gasteiger charge is 2.15. The number of ether oxygens (including phenoxy) is 1. The molecule has 2 amide bonds. The molecule has 22 heavy (non-hydrogen) atoms. The summed E-state index contributed by atoms with van der Waals surface area (Å²) in [5, 5.41) is 2.81. The minimum absolute atomic E-state index is 0.0275. The Balaban J connectivity index is 2.62. The molecule has 1 rings (SSSR count). The molecule has 122 valence electrons. The second kappa shape index (κ2) is 7.94. The Morgan fingerprint density at radius 2 is 1.77 bits per heavy atom. The van der Waals surface area contributed by atoms with E-state index in [0.29, 0.717) is 13.2 Å². The zero-order chi connectivity index (χ0) is 16.8. The third-order valence-corrected chi connectivity index (χ3v) is 3.38. The molecule has 0 fully saturated rings. The van der Waals surface area contributed by atoms with Gasteiger partial charge in [-0.2, -0.15) is 0 Å². The van der Waals surface area contributed by atoms with E-state index < -0.39 is 0 Å². The molecule has 0 saturated heterocycles. The second-order valence-electron chi connectivity index (χ2n) is 6.31. The monoisotopic (exact) mass is 306 g/mol. The van der Waals surface area contributed by atoms with E-state index in [1.165, 1.54) is 17.4 Å². The fourth-order valence-corrected chi connectivity index (χ4v) is 1.98. The molecule has 0 saturated carbocycles. The lowest BCUT2D eigenvalue weighted by Crippen LogP contribution is -2.38. The van der Waals surface area contributed by atoms with Gasteiger partial charge in [0.05, 0.1) is 13.2 Å². The molecule has 0 radical (unpaired) electrons. The predicted octanol–water partition coefficient (Wildman–Crippen LogP) is 2.42. The molecule has 5 nitrogen and oxygen atoms in total. The first-order chi connectivity index (χ1) is 10.2. The molecule has 0 bridgehead atoms. The van der Waals surface area contributed by atoms with Gasteiger partial charge in [-0.15, -0.1) is 0 Å². The van der Waals surface area contributed by atoms with E-state index in [9.17, 15) is 9.59 Å². The summed E-state index contributed by atoms with van der Waals surface area (Å²) in [4.78, 5) is 25.0. The van der Waals surface area contributed by atoms with Crippen molar-refractivity contribution >= 4 is 17.5 Å². The summed E-state index contributed by atoms with van der Waals surface area (Å²) in [7, 11) is 1.56. The molecule has 0 aliphatic rings. The largest absolute Gasteiger partial charge is 0.383 e. The number of carbonyl (C=O) groups excluding carboxylic acids is 2. The van der Waals surface area contributed by atoms with Gasteiger partial charge in [-0.05, 0) is 23.1 Å². The lowest BCUT2D eigenvalue weighted by atomic mass is 9.87. The number of nitrogens with one attached hydrogen (secondary N) is 1. The Kier molecular flexibility index (Phi) is 6.56. The van der Waals surface area contributed by atoms with Crippen LogP contribution in [0.2, 0.25) is 0 Å². The van der Waals surface area contributed by atoms with E-state index >= 15 is 0 Å². The number of benzene rings is 1. The fourth-order valence-electron chi connectivity index (χ4n) is 1.98. The SMILES string of the molecule is COCCN(CC(=O)Nc1ccc(C(C)(C)C)cc1)C(C)=O. The van der Waals surface area contributed by atoms with Gasteiger partial charge in [0.15, 0.2) is 0 Å². The van der Waals surface area contributed by atoms with Crippen molar-refractivity contribution in [3.8, 4) is 0 Å². The number of amides is 2. The molecule has 1 aromatic carbocycles. The first kappa shape index (κ1) is 18.2. The zero-order valence-corrected chi connectivity index (χ0v) is 14.1. The van der Waals surface area contributed by atoms with Crippen molar-refractivity contribution in [3.63, 3.8) is 0 Å². The topological polar surface area (TPSA) is 58.6 Å². The molecule has 0 aromatic heterocycles. The van der Waals surface area contributed by atoms with Gasteiger partial charge < -0.3 is 15.0 Å². The molecule has 0 unspecified atom stereocenters. The fraction of sp³-hybridized carbons (Fsp3) is 0.529. The Bertz CT molecular complexity index is 504. The van der Waals surface area contributed by atoms with Crippen LogP contribution >= 0.6 is 0 Å². The predicted molar refractivity (Wildman–Crippen MR) is 87.9 cm³/mol. The number of hydrogen-bond acceptors (Lipinski definition) is 3. The molecule has 5 heteroatoms. The van der Waals surface area contributed by atoms with Crippen LogP contribution in [0.3, 0.4) is 0 Å². The molecular weight excluding hydrogens is 280 g/mol. The van der Waals surface area contributed by atoms with Crippen molar-refractivity contribution in [1.82, 2.24) is 4.90 Å². The van der Waals surface area contributed by atoms with Gasteiger partial charge in [0.1, 0.15) is 0 Å². The molecule has 0 aliphatic carbocycles. The Hall–Kier alpha value is -1.88. The van der Waals surface area contributed by atoms with E-state index in [0.717, 1.165) is 5.69 Å². The van der Waals surface area contributed by atoms with Crippen LogP contribution in [0.15, 0.2) is 24.3 Å². The summed E-state index contributed by atoms with van der Waals surface area (Å²) in [6.07, 6.45) is 0. The third kappa shape index (κ3) is 5.85. The number of anilines is 1. The van der Waals surface area contributed by atoms with Gasteiger partial charge in [0, 0.05) is 26.3 Å². The van der Waals surface area contributed by atoms with Gasteiger partial charge in [0.25, 0.3) is 0 Å². The first-order valence-corrected chi connectivity index (χ1v) is 7.39. The van der Waals surface area contributed by atoms with Crippen molar-refractivity contribution in [2.75, 3.05) is 32.1 Å². The van der Waals surface area contributed by atoms with Crippen LogP contribution in [0.4, 0.5) is 5.69 Å². The zero-order valence-electron chi connectivity index (χ0n) is 14.1. The molecule has 1 aromatic rings. The smallest absolute Gasteiger partial charge is 0.243 e. The summed E-state index contributed by atoms with van der Waals surface area (Å²) in [6, 6.07) is 7.77. The van der Waals surface area contributed by atoms with Crippen LogP contribution in [0.5, 0.6) is 0 Å². The van der Waals surface area contributed by atoms with E-state index in [1.54, 1.807) is 7.11 Å². The Labute approximate surface area is 132 Å². The Morgan fingerprint density at radius 3 is 2.23 bits per heavy atom. The number of nitrogens with zero attached hydrogens (tertiary/aromatic N) is 1. The van der Waals surface area contributed by atoms with Gasteiger partial charge >= 0.3 is 0 Å². The molecule has 0 spiro atoms. The molecular formula is C17H26N2O3. The first-order valence-electron chi connectivity index (χ1n) is 7.39. The van der Waals surface area contributed by atoms with E-state index in [-0.39, 0.29) is 23.8 Å². The van der Waals surface area contributed by atoms with Crippen molar-refractivity contribution in [2.24, 2.45) is 0 Å². The van der Waals surface area contributed by atoms with Gasteiger partial charge in [0.2, 0.25) is 11.8 Å². The number of carbonyl (C=O) groups is 2. The van der Waals surface area contributed by atoms with Gasteiger partial charge in [-0.3, -0.25) is 9.59 Å². The summed E-state index contributed by atoms with van der Waals surface area (Å²) < 4.78 is 4.94. The summed E-state index contributed by atoms with van der Waals surface area (Å²) in [5.74, 6) is -0.356. The maximum Gasteiger partial charge on any atom is 0.243 e. The highest BCUT2D eigenvalue weighted by molar-refractivity contribution is 5.94. The van der Waals surface area contributed by atoms with Gasteiger partial charge in [-0.25, -0.2) is 0 Å². The van der Waals surface area contributed by atoms with E-state index in [2.05, 4.69) is 26.1 Å². The van der Waals surface area contributed by atoms with Crippen LogP contribution < -0.4 is 5.32 Å². The number of rotatable bonds is 6. The average molecular weight is 306 g/mol. The lowest BCUT2D eigenvalue weighted by molar-refractivity contribution is -0.133. The van der Waals surface area contributed by atoms with Crippen LogP contribution in [0, 0.1) is 0 Å². The molecule has 0 heterocycles. The maximum atomic E-state index is 12.0. The standard InChI is InChI=1S/C17H26N2O3/c1-13(20)19(10-11-22-5)12-16(21)18-15-8-6-14(7-9-15)17(2,3)4/h6-9H,10-12H2,1-5H3,(H,18,21). The summed E-state index contributed by atoms with van der Waals surface area (Å²) >= 11 is 0. The second-order valence-corrected chi connectivity index (χ2v) is 6.31. The molecule has 0 atom stereocenters. The number of methoxy groups -OCH3 is 1. The van der Waals surface area contributed by atoms with Crippen molar-refractivity contribution < 1.29 is 14.3 Å². The van der Waals surface area contributed by atoms with Crippen molar-refractivity contribution in [2.45, 2.75) is 33.1 Å². The minimum atomic E-state index is -0.213. The average Bonchev–Trinajstić information content (AvgIpc) is 2.42. The van der Waals surface area contributed by atoms with Crippen LogP contribution in [-0.4, -0.2) is 43.5 Å². The van der Waals surface area contributed by atoms with Crippen LogP contribution in [-0.2, 0) is 19.7 Å². The van der Waals surface area contributed by atoms with Crippen molar-refractivity contribution in [3.05, 3.63) is 29.8 Å². The van der Waals surface area contributed by atoms with E-state index in [4.69, 9.17) is 4.74 Å².